The fourth-order valence-electron chi connectivity index (χ4n) is 3.24. The molecular weight excluding hydrogens is 290 g/mol. The zero-order valence-electron chi connectivity index (χ0n) is 14.5. The first kappa shape index (κ1) is 15.9. The predicted octanol–water partition coefficient (Wildman–Crippen LogP) is 2.66. The number of carbonyl (C=O) groups excluding carboxylic acids is 1. The summed E-state index contributed by atoms with van der Waals surface area (Å²) in [4.78, 5) is 18.7. The summed E-state index contributed by atoms with van der Waals surface area (Å²) in [6.45, 7) is 6.47. The number of furan rings is 1. The lowest BCUT2D eigenvalue weighted by molar-refractivity contribution is 0.0828. The first-order chi connectivity index (χ1) is 10.9. The van der Waals surface area contributed by atoms with Gasteiger partial charge in [-0.1, -0.05) is 0 Å². The molecule has 1 aromatic heterocycles. The Morgan fingerprint density at radius 1 is 1.22 bits per heavy atom. The van der Waals surface area contributed by atoms with E-state index < -0.39 is 0 Å². The Hall–Kier alpha value is -2.01. The summed E-state index contributed by atoms with van der Waals surface area (Å²) in [5.74, 6) is -0.0268. The molecule has 1 unspecified atom stereocenters. The van der Waals surface area contributed by atoms with Gasteiger partial charge in [0.2, 0.25) is 0 Å². The molecule has 1 fully saturated rings. The maximum atomic E-state index is 12.3. The highest BCUT2D eigenvalue weighted by Crippen LogP contribution is 2.29. The molecular formula is C18H25N3O2. The topological polar surface area (TPSA) is 39.9 Å². The van der Waals surface area contributed by atoms with Gasteiger partial charge in [-0.05, 0) is 39.1 Å². The Kier molecular flexibility index (Phi) is 4.06. The number of piperazine rings is 1. The molecule has 1 aliphatic heterocycles. The van der Waals surface area contributed by atoms with Gasteiger partial charge in [-0.3, -0.25) is 9.69 Å². The zero-order chi connectivity index (χ0) is 16.7. The smallest absolute Gasteiger partial charge is 0.257 e. The van der Waals surface area contributed by atoms with Crippen molar-refractivity contribution in [3.05, 3.63) is 30.0 Å². The van der Waals surface area contributed by atoms with Crippen LogP contribution in [-0.4, -0.2) is 62.0 Å². The van der Waals surface area contributed by atoms with Gasteiger partial charge in [0, 0.05) is 50.3 Å². The van der Waals surface area contributed by atoms with Crippen molar-refractivity contribution in [3.63, 3.8) is 0 Å². The molecule has 0 spiro atoms. The maximum absolute atomic E-state index is 12.3. The van der Waals surface area contributed by atoms with Crippen molar-refractivity contribution in [2.45, 2.75) is 25.9 Å². The van der Waals surface area contributed by atoms with Gasteiger partial charge < -0.3 is 14.2 Å². The average molecular weight is 315 g/mol. The number of nitrogens with zero attached hydrogens (tertiary/aromatic N) is 3. The summed E-state index contributed by atoms with van der Waals surface area (Å²) in [6.07, 6.45) is 1.56. The van der Waals surface area contributed by atoms with Crippen LogP contribution in [0.4, 0.5) is 5.69 Å². The Bertz CT molecular complexity index is 710. The first-order valence-electron chi connectivity index (χ1n) is 8.08. The van der Waals surface area contributed by atoms with Crippen molar-refractivity contribution in [2.75, 3.05) is 39.1 Å². The summed E-state index contributed by atoms with van der Waals surface area (Å²) in [6, 6.07) is 7.13. The molecule has 2 heterocycles. The van der Waals surface area contributed by atoms with Gasteiger partial charge >= 0.3 is 0 Å². The lowest BCUT2D eigenvalue weighted by atomic mass is 10.1. The third-order valence-electron chi connectivity index (χ3n) is 4.92. The summed E-state index contributed by atoms with van der Waals surface area (Å²) >= 11 is 0. The van der Waals surface area contributed by atoms with Gasteiger partial charge in [0.15, 0.2) is 0 Å². The highest BCUT2D eigenvalue weighted by Gasteiger charge is 2.27. The quantitative estimate of drug-likeness (QED) is 0.854. The molecule has 23 heavy (non-hydrogen) atoms. The molecule has 1 aliphatic rings. The SMILES string of the molecule is CC1CN(c2ccc3occ(C(=O)N(C)C)c3c2)C[C@H](C)N1C. The van der Waals surface area contributed by atoms with Crippen molar-refractivity contribution in [1.82, 2.24) is 9.80 Å². The van der Waals surface area contributed by atoms with Crippen LogP contribution in [-0.2, 0) is 0 Å². The molecule has 3 rings (SSSR count). The van der Waals surface area contributed by atoms with Crippen LogP contribution in [0, 0.1) is 0 Å². The molecule has 0 aliphatic carbocycles. The van der Waals surface area contributed by atoms with Crippen LogP contribution in [0.25, 0.3) is 11.0 Å². The number of rotatable bonds is 2. The van der Waals surface area contributed by atoms with Gasteiger partial charge in [0.1, 0.15) is 11.8 Å². The number of hydrogen-bond donors (Lipinski definition) is 0. The Labute approximate surface area is 137 Å². The maximum Gasteiger partial charge on any atom is 0.257 e. The van der Waals surface area contributed by atoms with Gasteiger partial charge in [0.25, 0.3) is 5.91 Å². The minimum absolute atomic E-state index is 0.0268. The minimum atomic E-state index is -0.0268. The normalized spacial score (nSPS) is 22.6. The van der Waals surface area contributed by atoms with Crippen LogP contribution in [0.1, 0.15) is 24.2 Å². The number of carbonyl (C=O) groups is 1. The van der Waals surface area contributed by atoms with E-state index in [0.29, 0.717) is 17.6 Å². The minimum Gasteiger partial charge on any atom is -0.463 e. The summed E-state index contributed by atoms with van der Waals surface area (Å²) in [5, 5.41) is 0.889. The van der Waals surface area contributed by atoms with Gasteiger partial charge in [-0.2, -0.15) is 0 Å². The molecule has 0 saturated carbocycles. The molecule has 0 N–H and O–H groups in total. The molecule has 2 atom stereocenters. The summed E-state index contributed by atoms with van der Waals surface area (Å²) in [7, 11) is 5.70. The second-order valence-corrected chi connectivity index (χ2v) is 6.80. The van der Waals surface area contributed by atoms with Crippen LogP contribution in [0.15, 0.2) is 28.9 Å². The van der Waals surface area contributed by atoms with E-state index in [1.165, 1.54) is 0 Å². The zero-order valence-corrected chi connectivity index (χ0v) is 14.5. The average Bonchev–Trinajstić information content (AvgIpc) is 2.94. The van der Waals surface area contributed by atoms with E-state index in [0.717, 1.165) is 29.7 Å². The van der Waals surface area contributed by atoms with E-state index in [-0.39, 0.29) is 5.91 Å². The van der Waals surface area contributed by atoms with Gasteiger partial charge in [0.05, 0.1) is 5.56 Å². The molecule has 5 heteroatoms. The van der Waals surface area contributed by atoms with E-state index in [9.17, 15) is 4.79 Å². The van der Waals surface area contributed by atoms with Crippen LogP contribution in [0.3, 0.4) is 0 Å². The van der Waals surface area contributed by atoms with Crippen LogP contribution in [0.2, 0.25) is 0 Å². The fourth-order valence-corrected chi connectivity index (χ4v) is 3.24. The molecule has 1 amide bonds. The lowest BCUT2D eigenvalue weighted by Crippen LogP contribution is -2.55. The van der Waals surface area contributed by atoms with E-state index >= 15 is 0 Å². The largest absolute Gasteiger partial charge is 0.463 e. The van der Waals surface area contributed by atoms with Crippen molar-refractivity contribution in [3.8, 4) is 0 Å². The first-order valence-corrected chi connectivity index (χ1v) is 8.08. The standard InChI is InChI=1S/C18H25N3O2/c1-12-9-21(10-13(2)20(12)5)14-6-7-17-15(8-14)16(11-23-17)18(22)19(3)4/h6-8,11-13H,9-10H2,1-5H3/t12-,13?/m0/s1. The fraction of sp³-hybridized carbons (Fsp3) is 0.500. The van der Waals surface area contributed by atoms with E-state index in [2.05, 4.69) is 42.8 Å². The van der Waals surface area contributed by atoms with Crippen molar-refractivity contribution in [1.29, 1.82) is 0 Å². The predicted molar refractivity (Wildman–Crippen MR) is 93.1 cm³/mol. The molecule has 1 saturated heterocycles. The Balaban J connectivity index is 1.96. The summed E-state index contributed by atoms with van der Waals surface area (Å²) < 4.78 is 5.55. The third kappa shape index (κ3) is 2.81. The van der Waals surface area contributed by atoms with E-state index in [1.807, 2.05) is 6.07 Å². The Morgan fingerprint density at radius 2 is 1.87 bits per heavy atom. The monoisotopic (exact) mass is 315 g/mol. The number of amides is 1. The second-order valence-electron chi connectivity index (χ2n) is 6.80. The summed E-state index contributed by atoms with van der Waals surface area (Å²) in [5.41, 5.74) is 2.54. The van der Waals surface area contributed by atoms with Crippen molar-refractivity contribution < 1.29 is 9.21 Å². The van der Waals surface area contributed by atoms with Crippen LogP contribution in [0.5, 0.6) is 0 Å². The van der Waals surface area contributed by atoms with E-state index in [1.54, 1.807) is 25.3 Å². The lowest BCUT2D eigenvalue weighted by Gasteiger charge is -2.43. The highest BCUT2D eigenvalue weighted by molar-refractivity contribution is 6.06. The van der Waals surface area contributed by atoms with Crippen molar-refractivity contribution >= 4 is 22.6 Å². The van der Waals surface area contributed by atoms with Crippen LogP contribution >= 0.6 is 0 Å². The Morgan fingerprint density at radius 3 is 2.48 bits per heavy atom. The molecule has 5 nitrogen and oxygen atoms in total. The molecule has 1 aromatic carbocycles. The number of benzene rings is 1. The third-order valence-corrected chi connectivity index (χ3v) is 4.92. The number of fused-ring (bicyclic) bond motifs is 1. The number of anilines is 1. The number of hydrogen-bond acceptors (Lipinski definition) is 4. The molecule has 124 valence electrons. The molecule has 0 bridgehead atoms. The molecule has 2 aromatic rings. The van der Waals surface area contributed by atoms with Crippen molar-refractivity contribution in [2.24, 2.45) is 0 Å². The number of likely N-dealkylation sites (N-methyl/N-ethyl adjacent to an activating group) is 1. The van der Waals surface area contributed by atoms with Crippen LogP contribution < -0.4 is 4.90 Å². The second kappa shape index (κ2) is 5.89. The highest BCUT2D eigenvalue weighted by atomic mass is 16.3. The van der Waals surface area contributed by atoms with Gasteiger partial charge in [-0.15, -0.1) is 0 Å². The van der Waals surface area contributed by atoms with Gasteiger partial charge in [-0.25, -0.2) is 0 Å². The molecule has 0 radical (unpaired) electrons. The van der Waals surface area contributed by atoms with E-state index in [4.69, 9.17) is 4.42 Å².